The van der Waals surface area contributed by atoms with Gasteiger partial charge in [-0.05, 0) is 135 Å². The Morgan fingerprint density at radius 1 is 0.808 bits per heavy atom. The molecule has 3 aliphatic heterocycles. The first-order valence-corrected chi connectivity index (χ1v) is 26.5. The van der Waals surface area contributed by atoms with Crippen LogP contribution in [0.25, 0.3) is 32.4 Å². The number of nitrogens with one attached hydrogen (secondary N) is 2. The predicted octanol–water partition coefficient (Wildman–Crippen LogP) is 8.91. The number of rotatable bonds is 14. The van der Waals surface area contributed by atoms with Crippen LogP contribution in [-0.2, 0) is 29.6 Å². The summed E-state index contributed by atoms with van der Waals surface area (Å²) in [5.41, 5.74) is 7.03. The van der Waals surface area contributed by atoms with Crippen LogP contribution >= 0.6 is 11.3 Å². The third-order valence-corrected chi connectivity index (χ3v) is 16.4. The minimum Gasteiger partial charge on any atom is -0.490 e. The molecule has 7 aromatic rings. The first-order chi connectivity index (χ1) is 35.5. The Balaban J connectivity index is 0.649. The lowest BCUT2D eigenvalue weighted by molar-refractivity contribution is -0.134. The summed E-state index contributed by atoms with van der Waals surface area (Å²) in [6.45, 7) is 7.92. The zero-order chi connectivity index (χ0) is 50.2. The number of hydrogen-bond acceptors (Lipinski definition) is 13. The number of imide groups is 1. The molecule has 1 saturated carbocycles. The summed E-state index contributed by atoms with van der Waals surface area (Å²) in [4.78, 5) is 72.1. The number of hydrogen-bond donors (Lipinski definition) is 3. The molecule has 376 valence electrons. The van der Waals surface area contributed by atoms with Gasteiger partial charge in [0.05, 0.1) is 27.9 Å². The lowest BCUT2D eigenvalue weighted by atomic mass is 9.84. The molecule has 1 unspecified atom stereocenters. The molecule has 4 aromatic heterocycles. The van der Waals surface area contributed by atoms with Crippen molar-refractivity contribution in [3.05, 3.63) is 119 Å². The number of benzene rings is 3. The van der Waals surface area contributed by atoms with Crippen molar-refractivity contribution in [3.63, 3.8) is 0 Å². The Kier molecular flexibility index (Phi) is 13.6. The van der Waals surface area contributed by atoms with Crippen LogP contribution in [0.2, 0.25) is 0 Å². The fraction of sp³-hybridized carbons (Fsp3) is 0.393. The summed E-state index contributed by atoms with van der Waals surface area (Å²) in [6.07, 6.45) is 9.44. The number of carboxylic acid groups (broad SMARTS) is 1. The van der Waals surface area contributed by atoms with Gasteiger partial charge in [0.25, 0.3) is 5.91 Å². The monoisotopic (exact) mass is 1000 g/mol. The van der Waals surface area contributed by atoms with Gasteiger partial charge in [-0.15, -0.1) is 0 Å². The Morgan fingerprint density at radius 2 is 1.60 bits per heavy atom. The first-order valence-electron chi connectivity index (χ1n) is 25.7. The van der Waals surface area contributed by atoms with Gasteiger partial charge >= 0.3 is 5.97 Å². The maximum Gasteiger partial charge on any atom is 0.355 e. The van der Waals surface area contributed by atoms with E-state index >= 15 is 0 Å². The Hall–Kier alpha value is -7.24. The van der Waals surface area contributed by atoms with E-state index in [9.17, 15) is 24.3 Å². The first kappa shape index (κ1) is 48.1. The zero-order valence-electron chi connectivity index (χ0n) is 41.3. The molecular weight excluding hydrogens is 941 g/mol. The summed E-state index contributed by atoms with van der Waals surface area (Å²) in [5, 5.41) is 22.1. The number of carboxylic acids is 1. The van der Waals surface area contributed by atoms with Crippen molar-refractivity contribution in [1.29, 1.82) is 0 Å². The molecule has 3 aromatic carbocycles. The highest BCUT2D eigenvalue weighted by Gasteiger charge is 2.33. The topological polar surface area (TPSA) is 188 Å². The fourth-order valence-corrected chi connectivity index (χ4v) is 12.2. The molecule has 0 radical (unpaired) electrons. The number of piperidine rings is 1. The van der Waals surface area contributed by atoms with Gasteiger partial charge in [-0.3, -0.25) is 34.6 Å². The van der Waals surface area contributed by atoms with Crippen molar-refractivity contribution in [2.45, 2.75) is 89.7 Å². The second-order valence-electron chi connectivity index (χ2n) is 20.0. The van der Waals surface area contributed by atoms with Crippen molar-refractivity contribution in [1.82, 2.24) is 34.9 Å². The van der Waals surface area contributed by atoms with Crippen molar-refractivity contribution >= 4 is 73.0 Å². The van der Waals surface area contributed by atoms with E-state index in [1.807, 2.05) is 104 Å². The fourth-order valence-electron chi connectivity index (χ4n) is 11.3. The van der Waals surface area contributed by atoms with Gasteiger partial charge in [0.2, 0.25) is 11.8 Å². The van der Waals surface area contributed by atoms with Crippen molar-refractivity contribution in [2.24, 2.45) is 13.0 Å². The van der Waals surface area contributed by atoms with E-state index in [0.29, 0.717) is 66.0 Å². The Bertz CT molecular complexity index is 3210. The molecule has 16 nitrogen and oxygen atoms in total. The van der Waals surface area contributed by atoms with Gasteiger partial charge in [0.15, 0.2) is 16.5 Å². The summed E-state index contributed by atoms with van der Waals surface area (Å²) >= 11 is 1.44. The Morgan fingerprint density at radius 3 is 2.41 bits per heavy atom. The highest BCUT2D eigenvalue weighted by Crippen LogP contribution is 2.38. The average molecular weight is 1000 g/mol. The number of pyridine rings is 2. The zero-order valence-corrected chi connectivity index (χ0v) is 42.1. The smallest absolute Gasteiger partial charge is 0.355 e. The van der Waals surface area contributed by atoms with Crippen molar-refractivity contribution < 1.29 is 29.0 Å². The van der Waals surface area contributed by atoms with Crippen LogP contribution in [0.5, 0.6) is 5.75 Å². The number of aromatic nitrogens is 5. The second kappa shape index (κ2) is 20.7. The van der Waals surface area contributed by atoms with Crippen LogP contribution in [-0.4, -0.2) is 104 Å². The molecule has 1 aliphatic carbocycles. The van der Waals surface area contributed by atoms with Crippen LogP contribution < -0.4 is 25.2 Å². The molecule has 73 heavy (non-hydrogen) atoms. The molecule has 0 spiro atoms. The number of para-hydroxylation sites is 1. The minimum atomic E-state index is -1.10. The number of piperazine rings is 1. The van der Waals surface area contributed by atoms with E-state index in [-0.39, 0.29) is 29.5 Å². The summed E-state index contributed by atoms with van der Waals surface area (Å²) in [7, 11) is 1.86. The van der Waals surface area contributed by atoms with Gasteiger partial charge in [0, 0.05) is 69.3 Å². The van der Waals surface area contributed by atoms with Gasteiger partial charge in [-0.25, -0.2) is 19.7 Å². The summed E-state index contributed by atoms with van der Waals surface area (Å²) in [6, 6.07) is 27.2. The van der Waals surface area contributed by atoms with E-state index in [1.165, 1.54) is 30.6 Å². The number of aryl methyl sites for hydroxylation is 1. The molecule has 3 fully saturated rings. The number of ether oxygens (including phenoxy) is 1. The molecule has 3 amide bonds. The van der Waals surface area contributed by atoms with E-state index in [0.717, 1.165) is 113 Å². The number of aromatic carboxylic acids is 1. The highest BCUT2D eigenvalue weighted by atomic mass is 32.1. The largest absolute Gasteiger partial charge is 0.490 e. The predicted molar refractivity (Wildman–Crippen MR) is 283 cm³/mol. The van der Waals surface area contributed by atoms with E-state index in [1.54, 1.807) is 4.68 Å². The third-order valence-electron chi connectivity index (χ3n) is 15.4. The number of unbranched alkanes of at least 4 members (excludes halogenated alkanes) is 1. The van der Waals surface area contributed by atoms with Crippen LogP contribution in [0.15, 0.2) is 84.9 Å². The van der Waals surface area contributed by atoms with Gasteiger partial charge < -0.3 is 19.6 Å². The third kappa shape index (κ3) is 10.1. The van der Waals surface area contributed by atoms with E-state index in [2.05, 4.69) is 30.5 Å². The summed E-state index contributed by atoms with van der Waals surface area (Å²) < 4.78 is 9.43. The molecule has 2 saturated heterocycles. The molecular formula is C56H60N10O6S. The van der Waals surface area contributed by atoms with Crippen LogP contribution in [0.3, 0.4) is 0 Å². The second-order valence-corrected chi connectivity index (χ2v) is 21.0. The van der Waals surface area contributed by atoms with E-state index in [4.69, 9.17) is 14.7 Å². The lowest BCUT2D eigenvalue weighted by Crippen LogP contribution is -2.46. The van der Waals surface area contributed by atoms with Crippen LogP contribution in [0.1, 0.15) is 107 Å². The number of anilines is 3. The average Bonchev–Trinajstić information content (AvgIpc) is 3.97. The van der Waals surface area contributed by atoms with Crippen molar-refractivity contribution in [3.8, 4) is 16.9 Å². The maximum atomic E-state index is 13.7. The Labute approximate surface area is 427 Å². The molecule has 17 heteroatoms. The molecule has 1 atom stereocenters. The molecule has 4 aliphatic rings. The molecule has 0 bridgehead atoms. The molecule has 7 heterocycles. The number of carbonyl (C=O) groups excluding carboxylic acids is 3. The van der Waals surface area contributed by atoms with Crippen LogP contribution in [0.4, 0.5) is 16.8 Å². The van der Waals surface area contributed by atoms with Crippen LogP contribution in [0, 0.1) is 12.8 Å². The quantitative estimate of drug-likeness (QED) is 0.0693. The molecule has 11 rings (SSSR count). The van der Waals surface area contributed by atoms with Gasteiger partial charge in [-0.2, -0.15) is 5.10 Å². The summed E-state index contributed by atoms with van der Waals surface area (Å²) in [5.74, 6) is 0.648. The number of carbonyl (C=O) groups is 4. The number of thiazole rings is 1. The lowest BCUT2D eigenvalue weighted by Gasteiger charge is -2.35. The van der Waals surface area contributed by atoms with Gasteiger partial charge in [0.1, 0.15) is 17.4 Å². The van der Waals surface area contributed by atoms with E-state index < -0.39 is 11.9 Å². The van der Waals surface area contributed by atoms with Gasteiger partial charge in [-0.1, -0.05) is 60.6 Å². The SMILES string of the molecule is Cc1c(OC2CCC(CCCCN3CCN(c4ccc5c(C6CCC(=O)NC6=O)nn(C)c5n4)CC3)CC2)cccc1-c1ccc(N2CCc3cccc(C(=O)Nc4nc5ccccc5s4)c3C2)nc1C(=O)O. The standard InChI is InChI=1S/C56H60N10O6S/c1-34-38(39-20-23-47(58-51(39)55(70)71)66-28-26-36-10-7-12-40(43(36)33-66)53(68)61-56-57-44-13-3-4-15-46(44)73-56)11-8-14-45(34)72-37-18-16-35(17-19-37)9-5-6-27-64-29-31-65(32-30-64)48-24-21-41-50(62-63(2)52(41)59-48)42-22-25-49(67)60-54(42)69/h3-4,7-8,10-15,20-21,23-24,35,37,42H,5-6,9,16-19,22,25-33H2,1-2H3,(H,70,71)(H,57,61,68)(H,60,67,69). The number of fused-ring (bicyclic) bond motifs is 3. The highest BCUT2D eigenvalue weighted by molar-refractivity contribution is 7.22. The normalized spacial score (nSPS) is 19.5. The minimum absolute atomic E-state index is 0.0194. The maximum absolute atomic E-state index is 13.7. The van der Waals surface area contributed by atoms with Crippen molar-refractivity contribution in [2.75, 3.05) is 54.4 Å². The molecule has 3 N–H and O–H groups in total. The number of amides is 3. The number of nitrogens with zero attached hydrogens (tertiary/aromatic N) is 8.